The van der Waals surface area contributed by atoms with Gasteiger partial charge >= 0.3 is 0 Å². The summed E-state index contributed by atoms with van der Waals surface area (Å²) < 4.78 is 11.9. The molecule has 37 heavy (non-hydrogen) atoms. The number of rotatable bonds is 7. The molecule has 1 aliphatic heterocycles. The summed E-state index contributed by atoms with van der Waals surface area (Å²) in [4.78, 5) is 17.6. The lowest BCUT2D eigenvalue weighted by Gasteiger charge is -2.38. The molecule has 5 rings (SSSR count). The molecular formula is C31H29ClN2O3. The molecule has 0 aliphatic carbocycles. The Labute approximate surface area is 222 Å². The van der Waals surface area contributed by atoms with Crippen molar-refractivity contribution in [3.8, 4) is 11.5 Å². The van der Waals surface area contributed by atoms with Gasteiger partial charge in [0.15, 0.2) is 11.5 Å². The van der Waals surface area contributed by atoms with Gasteiger partial charge in [0.2, 0.25) is 5.91 Å². The highest BCUT2D eigenvalue weighted by Crippen LogP contribution is 2.44. The van der Waals surface area contributed by atoms with Crippen molar-refractivity contribution in [3.63, 3.8) is 0 Å². The SMILES string of the molecule is COc1cc2c(cc1OCc1ccccc1)C(c1ccc(Cl)cc1)N(c1ccc(N(C)C)cc1)C(=O)C2. The van der Waals surface area contributed by atoms with Crippen LogP contribution in [0.3, 0.4) is 0 Å². The van der Waals surface area contributed by atoms with Crippen LogP contribution >= 0.6 is 11.6 Å². The standard InChI is InChI=1S/C31H29ClN2O3/c1-33(2)25-13-15-26(16-14-25)34-30(35)18-23-17-28(36-3)29(37-20-21-7-5-4-6-8-21)19-27(23)31(34)22-9-11-24(32)12-10-22/h4-17,19,31H,18,20H2,1-3H3. The summed E-state index contributed by atoms with van der Waals surface area (Å²) in [7, 11) is 5.62. The quantitative estimate of drug-likeness (QED) is 0.277. The molecule has 1 aliphatic rings. The molecule has 1 unspecified atom stereocenters. The Morgan fingerprint density at radius 1 is 0.919 bits per heavy atom. The lowest BCUT2D eigenvalue weighted by atomic mass is 9.86. The first-order chi connectivity index (χ1) is 17.9. The first-order valence-corrected chi connectivity index (χ1v) is 12.5. The summed E-state index contributed by atoms with van der Waals surface area (Å²) in [6, 6.07) is 29.4. The van der Waals surface area contributed by atoms with Gasteiger partial charge in [0.05, 0.1) is 19.6 Å². The summed E-state index contributed by atoms with van der Waals surface area (Å²) in [5, 5.41) is 0.648. The van der Waals surface area contributed by atoms with Gasteiger partial charge in [-0.2, -0.15) is 0 Å². The predicted octanol–water partition coefficient (Wildman–Crippen LogP) is 6.67. The predicted molar refractivity (Wildman–Crippen MR) is 149 cm³/mol. The van der Waals surface area contributed by atoms with Gasteiger partial charge in [0, 0.05) is 30.5 Å². The smallest absolute Gasteiger partial charge is 0.232 e. The maximum Gasteiger partial charge on any atom is 0.232 e. The number of methoxy groups -OCH3 is 1. The molecule has 4 aromatic carbocycles. The fourth-order valence-corrected chi connectivity index (χ4v) is 4.87. The van der Waals surface area contributed by atoms with Crippen LogP contribution in [0.15, 0.2) is 91.0 Å². The first kappa shape index (κ1) is 24.7. The zero-order chi connectivity index (χ0) is 25.9. The van der Waals surface area contributed by atoms with Crippen molar-refractivity contribution < 1.29 is 14.3 Å². The Morgan fingerprint density at radius 3 is 2.27 bits per heavy atom. The van der Waals surface area contributed by atoms with Gasteiger partial charge in [-0.25, -0.2) is 0 Å². The van der Waals surface area contributed by atoms with E-state index < -0.39 is 0 Å². The second kappa shape index (κ2) is 10.6. The van der Waals surface area contributed by atoms with E-state index in [0.29, 0.717) is 23.1 Å². The van der Waals surface area contributed by atoms with Crippen LogP contribution in [0.5, 0.6) is 11.5 Å². The summed E-state index contributed by atoms with van der Waals surface area (Å²) >= 11 is 6.22. The fraction of sp³-hybridized carbons (Fsp3) is 0.194. The van der Waals surface area contributed by atoms with E-state index in [1.807, 2.05) is 115 Å². The van der Waals surface area contributed by atoms with Gasteiger partial charge in [0.25, 0.3) is 0 Å². The van der Waals surface area contributed by atoms with Crippen LogP contribution in [0.2, 0.25) is 5.02 Å². The van der Waals surface area contributed by atoms with E-state index in [9.17, 15) is 4.79 Å². The number of carbonyl (C=O) groups excluding carboxylic acids is 1. The average molecular weight is 513 g/mol. The number of anilines is 2. The normalized spacial score (nSPS) is 14.8. The van der Waals surface area contributed by atoms with Gasteiger partial charge in [-0.1, -0.05) is 54.1 Å². The van der Waals surface area contributed by atoms with E-state index in [1.54, 1.807) is 7.11 Å². The number of fused-ring (bicyclic) bond motifs is 1. The molecule has 6 heteroatoms. The number of nitrogens with zero attached hydrogens (tertiary/aromatic N) is 2. The van der Waals surface area contributed by atoms with E-state index >= 15 is 0 Å². The molecule has 4 aromatic rings. The minimum absolute atomic E-state index is 0.0186. The fourth-order valence-electron chi connectivity index (χ4n) is 4.74. The zero-order valence-corrected chi connectivity index (χ0v) is 21.9. The third-order valence-electron chi connectivity index (χ3n) is 6.66. The summed E-state index contributed by atoms with van der Waals surface area (Å²) in [5.74, 6) is 1.27. The summed E-state index contributed by atoms with van der Waals surface area (Å²) in [5.41, 5.74) is 5.86. The highest BCUT2D eigenvalue weighted by atomic mass is 35.5. The van der Waals surface area contributed by atoms with E-state index in [-0.39, 0.29) is 18.4 Å². The summed E-state index contributed by atoms with van der Waals surface area (Å²) in [6.07, 6.45) is 0.268. The number of hydrogen-bond acceptors (Lipinski definition) is 4. The van der Waals surface area contributed by atoms with Crippen molar-refractivity contribution >= 4 is 28.9 Å². The van der Waals surface area contributed by atoms with Crippen molar-refractivity contribution in [2.24, 2.45) is 0 Å². The Balaban J connectivity index is 1.61. The number of carbonyl (C=O) groups is 1. The molecule has 5 nitrogen and oxygen atoms in total. The van der Waals surface area contributed by atoms with E-state index in [4.69, 9.17) is 21.1 Å². The number of hydrogen-bond donors (Lipinski definition) is 0. The van der Waals surface area contributed by atoms with Gasteiger partial charge in [0.1, 0.15) is 6.61 Å². The van der Waals surface area contributed by atoms with Crippen LogP contribution in [-0.4, -0.2) is 27.1 Å². The molecule has 0 aromatic heterocycles. The highest BCUT2D eigenvalue weighted by molar-refractivity contribution is 6.30. The second-order valence-corrected chi connectivity index (χ2v) is 9.72. The van der Waals surface area contributed by atoms with Crippen molar-refractivity contribution in [2.45, 2.75) is 19.1 Å². The van der Waals surface area contributed by atoms with Gasteiger partial charge in [-0.05, 0) is 70.8 Å². The topological polar surface area (TPSA) is 42.0 Å². The molecule has 1 atom stereocenters. The number of ether oxygens (including phenoxy) is 2. The number of benzene rings is 4. The largest absolute Gasteiger partial charge is 0.493 e. The molecule has 0 N–H and O–H groups in total. The second-order valence-electron chi connectivity index (χ2n) is 9.28. The van der Waals surface area contributed by atoms with Crippen LogP contribution in [-0.2, 0) is 17.8 Å². The van der Waals surface area contributed by atoms with Crippen molar-refractivity contribution in [1.82, 2.24) is 0 Å². The molecular weight excluding hydrogens is 484 g/mol. The highest BCUT2D eigenvalue weighted by Gasteiger charge is 2.36. The Bertz CT molecular complexity index is 1390. The van der Waals surface area contributed by atoms with Crippen LogP contribution in [0.4, 0.5) is 11.4 Å². The molecule has 1 heterocycles. The van der Waals surface area contributed by atoms with Crippen LogP contribution < -0.4 is 19.3 Å². The maximum atomic E-state index is 13.6. The lowest BCUT2D eigenvalue weighted by Crippen LogP contribution is -2.41. The molecule has 0 fully saturated rings. The van der Waals surface area contributed by atoms with Crippen molar-refractivity contribution in [2.75, 3.05) is 31.0 Å². The Hall–Kier alpha value is -3.96. The van der Waals surface area contributed by atoms with Crippen LogP contribution in [0, 0.1) is 0 Å². The van der Waals surface area contributed by atoms with Gasteiger partial charge < -0.3 is 19.3 Å². The van der Waals surface area contributed by atoms with Gasteiger partial charge in [-0.3, -0.25) is 4.79 Å². The zero-order valence-electron chi connectivity index (χ0n) is 21.1. The van der Waals surface area contributed by atoms with Crippen LogP contribution in [0.25, 0.3) is 0 Å². The Kier molecular flexibility index (Phi) is 7.06. The molecule has 1 amide bonds. The number of halogens is 1. The minimum Gasteiger partial charge on any atom is -0.493 e. The lowest BCUT2D eigenvalue weighted by molar-refractivity contribution is -0.118. The monoisotopic (exact) mass is 512 g/mol. The third-order valence-corrected chi connectivity index (χ3v) is 6.91. The molecule has 0 spiro atoms. The Morgan fingerprint density at radius 2 is 1.62 bits per heavy atom. The van der Waals surface area contributed by atoms with E-state index in [0.717, 1.165) is 33.6 Å². The average Bonchev–Trinajstić information content (AvgIpc) is 2.92. The van der Waals surface area contributed by atoms with Gasteiger partial charge in [-0.15, -0.1) is 0 Å². The van der Waals surface area contributed by atoms with Crippen molar-refractivity contribution in [1.29, 1.82) is 0 Å². The molecule has 188 valence electrons. The summed E-state index contributed by atoms with van der Waals surface area (Å²) in [6.45, 7) is 0.413. The molecule has 0 radical (unpaired) electrons. The van der Waals surface area contributed by atoms with E-state index in [1.165, 1.54) is 0 Å². The molecule has 0 saturated heterocycles. The number of amides is 1. The molecule has 0 saturated carbocycles. The minimum atomic E-state index is -0.344. The van der Waals surface area contributed by atoms with Crippen LogP contribution in [0.1, 0.15) is 28.3 Å². The first-order valence-electron chi connectivity index (χ1n) is 12.2. The molecule has 0 bridgehead atoms. The van der Waals surface area contributed by atoms with Crippen molar-refractivity contribution in [3.05, 3.63) is 118 Å². The van der Waals surface area contributed by atoms with E-state index in [2.05, 4.69) is 0 Å². The maximum absolute atomic E-state index is 13.6. The third kappa shape index (κ3) is 5.13.